The number of hydrogen-bond acceptors (Lipinski definition) is 5. The molecule has 3 aliphatic heterocycles. The molecule has 0 radical (unpaired) electrons. The summed E-state index contributed by atoms with van der Waals surface area (Å²) in [6.07, 6.45) is 0.929. The first-order valence-electron chi connectivity index (χ1n) is 10.3. The highest BCUT2D eigenvalue weighted by molar-refractivity contribution is 5.98. The van der Waals surface area contributed by atoms with E-state index in [2.05, 4.69) is 15.9 Å². The van der Waals surface area contributed by atoms with Crippen LogP contribution in [0.25, 0.3) is 0 Å². The number of amides is 2. The summed E-state index contributed by atoms with van der Waals surface area (Å²) in [6.45, 7) is 9.18. The highest BCUT2D eigenvalue weighted by atomic mass is 16.5. The van der Waals surface area contributed by atoms with E-state index in [0.29, 0.717) is 32.8 Å². The van der Waals surface area contributed by atoms with Gasteiger partial charge in [0.15, 0.2) is 0 Å². The van der Waals surface area contributed by atoms with Gasteiger partial charge in [-0.15, -0.1) is 0 Å². The minimum absolute atomic E-state index is 0.164. The molecule has 1 unspecified atom stereocenters. The van der Waals surface area contributed by atoms with Gasteiger partial charge in [-0.25, -0.2) is 0 Å². The van der Waals surface area contributed by atoms with E-state index in [4.69, 9.17) is 4.74 Å². The molecule has 3 heterocycles. The molecule has 1 aromatic rings. The Balaban J connectivity index is 1.28. The lowest BCUT2D eigenvalue weighted by atomic mass is 10.1. The second kappa shape index (κ2) is 8.59. The van der Waals surface area contributed by atoms with E-state index in [9.17, 15) is 9.59 Å². The molecular formula is C21H30N4O3. The van der Waals surface area contributed by atoms with Gasteiger partial charge < -0.3 is 14.5 Å². The van der Waals surface area contributed by atoms with Gasteiger partial charge in [-0.2, -0.15) is 0 Å². The quantitative estimate of drug-likeness (QED) is 0.752. The lowest BCUT2D eigenvalue weighted by molar-refractivity contribution is -0.136. The second-order valence-corrected chi connectivity index (χ2v) is 7.85. The average Bonchev–Trinajstić information content (AvgIpc) is 3.17. The first kappa shape index (κ1) is 19.4. The van der Waals surface area contributed by atoms with Gasteiger partial charge in [0.1, 0.15) is 0 Å². The van der Waals surface area contributed by atoms with Crippen LogP contribution < -0.4 is 4.90 Å². The van der Waals surface area contributed by atoms with Crippen molar-refractivity contribution in [2.24, 2.45) is 0 Å². The van der Waals surface area contributed by atoms with Crippen LogP contribution in [-0.2, 0) is 20.7 Å². The number of hydrogen-bond donors (Lipinski definition) is 0. The van der Waals surface area contributed by atoms with E-state index in [1.54, 1.807) is 0 Å². The molecule has 1 aromatic carbocycles. The number of nitrogens with zero attached hydrogens (tertiary/aromatic N) is 4. The lowest BCUT2D eigenvalue weighted by Gasteiger charge is -2.39. The third-order valence-corrected chi connectivity index (χ3v) is 6.19. The van der Waals surface area contributed by atoms with Crippen LogP contribution in [0, 0.1) is 0 Å². The van der Waals surface area contributed by atoms with Crippen molar-refractivity contribution < 1.29 is 14.3 Å². The Morgan fingerprint density at radius 3 is 2.46 bits per heavy atom. The van der Waals surface area contributed by atoms with E-state index < -0.39 is 0 Å². The van der Waals surface area contributed by atoms with Crippen LogP contribution in [0.1, 0.15) is 12.5 Å². The first-order chi connectivity index (χ1) is 13.6. The molecule has 2 fully saturated rings. The van der Waals surface area contributed by atoms with E-state index >= 15 is 0 Å². The van der Waals surface area contributed by atoms with Gasteiger partial charge in [-0.3, -0.25) is 19.4 Å². The zero-order chi connectivity index (χ0) is 19.5. The molecule has 2 amide bonds. The predicted molar refractivity (Wildman–Crippen MR) is 107 cm³/mol. The zero-order valence-electron chi connectivity index (χ0n) is 16.7. The molecule has 7 heteroatoms. The summed E-state index contributed by atoms with van der Waals surface area (Å²) < 4.78 is 5.34. The number of carbonyl (C=O) groups excluding carboxylic acids is 2. The van der Waals surface area contributed by atoms with Gasteiger partial charge in [-0.05, 0) is 25.0 Å². The Labute approximate surface area is 166 Å². The molecular weight excluding hydrogens is 356 g/mol. The standard InChI is InChI=1S/C21H30N4O3/c1-17(21(27)25-7-6-18-4-2-3-5-19(18)25)23-8-10-24(11-9-23)20(26)16-22-12-14-28-15-13-22/h2-5,17H,6-16H2,1H3. The van der Waals surface area contributed by atoms with Crippen molar-refractivity contribution >= 4 is 17.5 Å². The number of carbonyl (C=O) groups is 2. The molecule has 3 aliphatic rings. The number of rotatable bonds is 4. The van der Waals surface area contributed by atoms with Gasteiger partial charge in [0.25, 0.3) is 0 Å². The Kier molecular flexibility index (Phi) is 5.94. The van der Waals surface area contributed by atoms with Crippen LogP contribution in [0.4, 0.5) is 5.69 Å². The number of morpholine rings is 1. The van der Waals surface area contributed by atoms with Crippen molar-refractivity contribution in [2.75, 3.05) is 70.5 Å². The highest BCUT2D eigenvalue weighted by Crippen LogP contribution is 2.28. The molecule has 4 rings (SSSR count). The van der Waals surface area contributed by atoms with Crippen LogP contribution in [0.2, 0.25) is 0 Å². The summed E-state index contributed by atoms with van der Waals surface area (Å²) in [5.41, 5.74) is 2.31. The summed E-state index contributed by atoms with van der Waals surface area (Å²) in [6, 6.07) is 8.00. The highest BCUT2D eigenvalue weighted by Gasteiger charge is 2.33. The van der Waals surface area contributed by atoms with Crippen LogP contribution in [0.15, 0.2) is 24.3 Å². The molecule has 7 nitrogen and oxygen atoms in total. The number of fused-ring (bicyclic) bond motifs is 1. The topological polar surface area (TPSA) is 56.3 Å². The zero-order valence-corrected chi connectivity index (χ0v) is 16.7. The van der Waals surface area contributed by atoms with Gasteiger partial charge in [0.2, 0.25) is 11.8 Å². The number of ether oxygens (including phenoxy) is 1. The third-order valence-electron chi connectivity index (χ3n) is 6.19. The molecule has 0 saturated carbocycles. The predicted octanol–water partition coefficient (Wildman–Crippen LogP) is 0.441. The molecule has 2 saturated heterocycles. The Bertz CT molecular complexity index is 711. The maximum absolute atomic E-state index is 13.1. The van der Waals surface area contributed by atoms with E-state index in [0.717, 1.165) is 44.8 Å². The van der Waals surface area contributed by atoms with Crippen molar-refractivity contribution in [3.63, 3.8) is 0 Å². The van der Waals surface area contributed by atoms with Crippen LogP contribution in [0.3, 0.4) is 0 Å². The number of anilines is 1. The maximum Gasteiger partial charge on any atom is 0.244 e. The summed E-state index contributed by atoms with van der Waals surface area (Å²) in [5.74, 6) is 0.354. The minimum atomic E-state index is -0.164. The van der Waals surface area contributed by atoms with Gasteiger partial charge in [0.05, 0.1) is 25.8 Å². The number of piperazine rings is 1. The van der Waals surface area contributed by atoms with Crippen molar-refractivity contribution in [3.8, 4) is 0 Å². The molecule has 0 spiro atoms. The summed E-state index contributed by atoms with van der Waals surface area (Å²) in [7, 11) is 0. The van der Waals surface area contributed by atoms with Crippen molar-refractivity contribution in [1.29, 1.82) is 0 Å². The fraction of sp³-hybridized carbons (Fsp3) is 0.619. The SMILES string of the molecule is CC(C(=O)N1CCc2ccccc21)N1CCN(C(=O)CN2CCOCC2)CC1. The monoisotopic (exact) mass is 386 g/mol. The van der Waals surface area contributed by atoms with Gasteiger partial charge >= 0.3 is 0 Å². The Hall–Kier alpha value is -1.96. The normalized spacial score (nSPS) is 22.2. The average molecular weight is 386 g/mol. The van der Waals surface area contributed by atoms with Crippen LogP contribution in [0.5, 0.6) is 0 Å². The summed E-state index contributed by atoms with van der Waals surface area (Å²) in [4.78, 5) is 33.9. The maximum atomic E-state index is 13.1. The van der Waals surface area contributed by atoms with Crippen molar-refractivity contribution in [2.45, 2.75) is 19.4 Å². The summed E-state index contributed by atoms with van der Waals surface area (Å²) >= 11 is 0. The summed E-state index contributed by atoms with van der Waals surface area (Å²) in [5, 5.41) is 0. The van der Waals surface area contributed by atoms with E-state index in [-0.39, 0.29) is 17.9 Å². The van der Waals surface area contributed by atoms with Crippen LogP contribution in [-0.4, -0.2) is 98.1 Å². The fourth-order valence-corrected chi connectivity index (χ4v) is 4.36. The Morgan fingerprint density at radius 2 is 1.71 bits per heavy atom. The van der Waals surface area contributed by atoms with Gasteiger partial charge in [0, 0.05) is 51.5 Å². The molecule has 28 heavy (non-hydrogen) atoms. The van der Waals surface area contributed by atoms with Crippen LogP contribution >= 0.6 is 0 Å². The largest absolute Gasteiger partial charge is 0.379 e. The lowest BCUT2D eigenvalue weighted by Crippen LogP contribution is -2.56. The van der Waals surface area contributed by atoms with Gasteiger partial charge in [-0.1, -0.05) is 18.2 Å². The molecule has 1 atom stereocenters. The fourth-order valence-electron chi connectivity index (χ4n) is 4.36. The molecule has 0 N–H and O–H groups in total. The molecule has 0 aliphatic carbocycles. The third kappa shape index (κ3) is 4.06. The second-order valence-electron chi connectivity index (χ2n) is 7.85. The molecule has 0 bridgehead atoms. The van der Waals surface area contributed by atoms with Crippen molar-refractivity contribution in [3.05, 3.63) is 29.8 Å². The molecule has 152 valence electrons. The van der Waals surface area contributed by atoms with Crippen molar-refractivity contribution in [1.82, 2.24) is 14.7 Å². The Morgan fingerprint density at radius 1 is 1.00 bits per heavy atom. The van der Waals surface area contributed by atoms with E-state index in [1.165, 1.54) is 5.56 Å². The first-order valence-corrected chi connectivity index (χ1v) is 10.3. The number of para-hydroxylation sites is 1. The molecule has 0 aromatic heterocycles. The van der Waals surface area contributed by atoms with E-state index in [1.807, 2.05) is 34.9 Å². The number of benzene rings is 1. The minimum Gasteiger partial charge on any atom is -0.379 e. The smallest absolute Gasteiger partial charge is 0.244 e.